The van der Waals surface area contributed by atoms with Crippen molar-refractivity contribution in [3.8, 4) is 16.3 Å². The summed E-state index contributed by atoms with van der Waals surface area (Å²) in [6.45, 7) is 4.28. The van der Waals surface area contributed by atoms with Crippen molar-refractivity contribution in [3.05, 3.63) is 35.3 Å². The Morgan fingerprint density at radius 2 is 2.00 bits per heavy atom. The fraction of sp³-hybridized carbons (Fsp3) is 0.375. The van der Waals surface area contributed by atoms with Gasteiger partial charge in [0.2, 0.25) is 0 Å². The van der Waals surface area contributed by atoms with Gasteiger partial charge in [0.25, 0.3) is 0 Å². The second-order valence-electron chi connectivity index (χ2n) is 4.83. The average Bonchev–Trinajstić information content (AvgIpc) is 2.85. The van der Waals surface area contributed by atoms with Crippen LogP contribution in [0, 0.1) is 6.92 Å². The number of Topliss-reactive ketones (excluding diaryl/α,β-unsaturated/α-hetero) is 1. The highest BCUT2D eigenvalue weighted by atomic mass is 32.1. The molecule has 0 N–H and O–H groups in total. The van der Waals surface area contributed by atoms with Gasteiger partial charge in [0, 0.05) is 23.1 Å². The van der Waals surface area contributed by atoms with Gasteiger partial charge < -0.3 is 9.53 Å². The highest BCUT2D eigenvalue weighted by Crippen LogP contribution is 2.25. The molecule has 0 unspecified atom stereocenters. The van der Waals surface area contributed by atoms with Gasteiger partial charge in [0.1, 0.15) is 16.5 Å². The van der Waals surface area contributed by atoms with Crippen LogP contribution in [0.15, 0.2) is 29.6 Å². The number of nitrogens with zero attached hydrogens (tertiary/aromatic N) is 1. The first-order chi connectivity index (χ1) is 9.65. The maximum atomic E-state index is 10.8. The van der Waals surface area contributed by atoms with Gasteiger partial charge in [0.15, 0.2) is 0 Å². The van der Waals surface area contributed by atoms with Crippen LogP contribution in [0.1, 0.15) is 31.9 Å². The SMILES string of the molecule is CC(=O)CCCCOc1ccc(-c2nc(C)cs2)cc1. The van der Waals surface area contributed by atoms with Crippen molar-refractivity contribution in [2.24, 2.45) is 0 Å². The van der Waals surface area contributed by atoms with Crippen LogP contribution < -0.4 is 4.74 Å². The van der Waals surface area contributed by atoms with Crippen LogP contribution in [0.2, 0.25) is 0 Å². The Morgan fingerprint density at radius 1 is 1.25 bits per heavy atom. The van der Waals surface area contributed by atoms with Crippen molar-refractivity contribution in [2.45, 2.75) is 33.1 Å². The number of unbranched alkanes of at least 4 members (excludes halogenated alkanes) is 1. The smallest absolute Gasteiger partial charge is 0.129 e. The molecule has 2 aromatic rings. The lowest BCUT2D eigenvalue weighted by Gasteiger charge is -2.06. The molecule has 0 aliphatic rings. The number of benzene rings is 1. The Labute approximate surface area is 123 Å². The van der Waals surface area contributed by atoms with E-state index in [1.807, 2.05) is 31.2 Å². The van der Waals surface area contributed by atoms with E-state index in [1.54, 1.807) is 18.3 Å². The Hall–Kier alpha value is -1.68. The number of hydrogen-bond donors (Lipinski definition) is 0. The molecule has 0 fully saturated rings. The van der Waals surface area contributed by atoms with E-state index < -0.39 is 0 Å². The molecule has 0 saturated carbocycles. The van der Waals surface area contributed by atoms with Gasteiger partial charge in [-0.3, -0.25) is 0 Å². The molecule has 0 amide bonds. The minimum absolute atomic E-state index is 0.244. The van der Waals surface area contributed by atoms with Crippen LogP contribution in [-0.4, -0.2) is 17.4 Å². The number of aromatic nitrogens is 1. The fourth-order valence-electron chi connectivity index (χ4n) is 1.85. The average molecular weight is 289 g/mol. The molecule has 0 saturated heterocycles. The number of carbonyl (C=O) groups excluding carboxylic acids is 1. The predicted octanol–water partition coefficient (Wildman–Crippen LogP) is 4.26. The number of hydrogen-bond acceptors (Lipinski definition) is 4. The lowest BCUT2D eigenvalue weighted by molar-refractivity contribution is -0.117. The minimum Gasteiger partial charge on any atom is -0.494 e. The van der Waals surface area contributed by atoms with E-state index in [4.69, 9.17) is 4.74 Å². The van der Waals surface area contributed by atoms with Gasteiger partial charge >= 0.3 is 0 Å². The van der Waals surface area contributed by atoms with E-state index in [2.05, 4.69) is 10.4 Å². The largest absolute Gasteiger partial charge is 0.494 e. The molecule has 1 aromatic heterocycles. The van der Waals surface area contributed by atoms with Crippen molar-refractivity contribution in [2.75, 3.05) is 6.61 Å². The van der Waals surface area contributed by atoms with E-state index in [0.717, 1.165) is 34.9 Å². The molecule has 0 aliphatic carbocycles. The highest BCUT2D eigenvalue weighted by Gasteiger charge is 2.03. The molecule has 106 valence electrons. The molecule has 0 spiro atoms. The maximum Gasteiger partial charge on any atom is 0.129 e. The zero-order valence-corrected chi connectivity index (χ0v) is 12.7. The number of ketones is 1. The maximum absolute atomic E-state index is 10.8. The van der Waals surface area contributed by atoms with Gasteiger partial charge in [-0.05, 0) is 51.0 Å². The molecule has 0 bridgehead atoms. The zero-order chi connectivity index (χ0) is 14.4. The van der Waals surface area contributed by atoms with Crippen LogP contribution in [0.4, 0.5) is 0 Å². The lowest BCUT2D eigenvalue weighted by Crippen LogP contribution is -1.98. The molecule has 0 aliphatic heterocycles. The Bertz CT molecular complexity index is 560. The van der Waals surface area contributed by atoms with Crippen molar-refractivity contribution < 1.29 is 9.53 Å². The number of ether oxygens (including phenoxy) is 1. The summed E-state index contributed by atoms with van der Waals surface area (Å²) in [5, 5.41) is 3.09. The summed E-state index contributed by atoms with van der Waals surface area (Å²) in [5.74, 6) is 1.11. The van der Waals surface area contributed by atoms with E-state index in [1.165, 1.54) is 0 Å². The topological polar surface area (TPSA) is 39.2 Å². The van der Waals surface area contributed by atoms with Crippen molar-refractivity contribution in [3.63, 3.8) is 0 Å². The van der Waals surface area contributed by atoms with Gasteiger partial charge in [-0.1, -0.05) is 0 Å². The molecule has 3 nitrogen and oxygen atoms in total. The molecular weight excluding hydrogens is 270 g/mol. The van der Waals surface area contributed by atoms with Crippen molar-refractivity contribution in [1.82, 2.24) is 4.98 Å². The van der Waals surface area contributed by atoms with E-state index >= 15 is 0 Å². The van der Waals surface area contributed by atoms with Crippen LogP contribution in [0.3, 0.4) is 0 Å². The van der Waals surface area contributed by atoms with Crippen LogP contribution in [-0.2, 0) is 4.79 Å². The molecular formula is C16H19NO2S. The second-order valence-corrected chi connectivity index (χ2v) is 5.68. The number of carbonyl (C=O) groups is 1. The summed E-state index contributed by atoms with van der Waals surface area (Å²) in [5.41, 5.74) is 2.17. The molecule has 20 heavy (non-hydrogen) atoms. The second kappa shape index (κ2) is 7.20. The summed E-state index contributed by atoms with van der Waals surface area (Å²) >= 11 is 1.65. The third-order valence-electron chi connectivity index (χ3n) is 2.91. The van der Waals surface area contributed by atoms with Gasteiger partial charge in [-0.15, -0.1) is 11.3 Å². The molecule has 0 radical (unpaired) electrons. The summed E-state index contributed by atoms with van der Waals surface area (Å²) in [6.07, 6.45) is 2.45. The third-order valence-corrected chi connectivity index (χ3v) is 3.92. The first kappa shape index (κ1) is 14.7. The zero-order valence-electron chi connectivity index (χ0n) is 11.9. The van der Waals surface area contributed by atoms with Crippen LogP contribution in [0.5, 0.6) is 5.75 Å². The number of rotatable bonds is 7. The summed E-state index contributed by atoms with van der Waals surface area (Å²) in [4.78, 5) is 15.3. The van der Waals surface area contributed by atoms with Gasteiger partial charge in [-0.25, -0.2) is 4.98 Å². The van der Waals surface area contributed by atoms with Crippen molar-refractivity contribution in [1.29, 1.82) is 0 Å². The van der Waals surface area contributed by atoms with Gasteiger partial charge in [-0.2, -0.15) is 0 Å². The Morgan fingerprint density at radius 3 is 2.60 bits per heavy atom. The molecule has 4 heteroatoms. The quantitative estimate of drug-likeness (QED) is 0.715. The standard InChI is InChI=1S/C16H19NO2S/c1-12-11-20-16(17-12)14-6-8-15(9-7-14)19-10-4-3-5-13(2)18/h6-9,11H,3-5,10H2,1-2H3. The van der Waals surface area contributed by atoms with E-state index in [0.29, 0.717) is 13.0 Å². The Kier molecular flexibility index (Phi) is 5.30. The van der Waals surface area contributed by atoms with E-state index in [9.17, 15) is 4.79 Å². The van der Waals surface area contributed by atoms with Crippen LogP contribution in [0.25, 0.3) is 10.6 Å². The summed E-state index contributed by atoms with van der Waals surface area (Å²) in [6, 6.07) is 8.00. The predicted molar refractivity (Wildman–Crippen MR) is 82.3 cm³/mol. The highest BCUT2D eigenvalue weighted by molar-refractivity contribution is 7.13. The van der Waals surface area contributed by atoms with Crippen LogP contribution >= 0.6 is 11.3 Å². The number of aryl methyl sites for hydroxylation is 1. The van der Waals surface area contributed by atoms with Gasteiger partial charge in [0.05, 0.1) is 6.61 Å². The van der Waals surface area contributed by atoms with E-state index in [-0.39, 0.29) is 5.78 Å². The first-order valence-electron chi connectivity index (χ1n) is 6.80. The molecule has 1 aromatic carbocycles. The first-order valence-corrected chi connectivity index (χ1v) is 7.68. The summed E-state index contributed by atoms with van der Waals surface area (Å²) in [7, 11) is 0. The monoisotopic (exact) mass is 289 g/mol. The lowest BCUT2D eigenvalue weighted by atomic mass is 10.2. The minimum atomic E-state index is 0.244. The molecule has 1 heterocycles. The molecule has 0 atom stereocenters. The molecule has 2 rings (SSSR count). The Balaban J connectivity index is 1.81. The summed E-state index contributed by atoms with van der Waals surface area (Å²) < 4.78 is 5.66. The fourth-order valence-corrected chi connectivity index (χ4v) is 2.65. The third kappa shape index (κ3) is 4.46. The number of thiazole rings is 1. The normalized spacial score (nSPS) is 10.5. The van der Waals surface area contributed by atoms with Crippen molar-refractivity contribution >= 4 is 17.1 Å².